The minimum atomic E-state index is 0.0495. The van der Waals surface area contributed by atoms with Crippen molar-refractivity contribution in [2.45, 2.75) is 6.92 Å². The number of hydrogen-bond acceptors (Lipinski definition) is 4. The van der Waals surface area contributed by atoms with Gasteiger partial charge in [0.15, 0.2) is 11.4 Å². The van der Waals surface area contributed by atoms with E-state index in [0.29, 0.717) is 11.6 Å². The Morgan fingerprint density at radius 1 is 1.11 bits per heavy atom. The van der Waals surface area contributed by atoms with Crippen LogP contribution in [0.4, 0.5) is 11.7 Å². The fraction of sp³-hybridized carbons (Fsp3) is 0.0667. The summed E-state index contributed by atoms with van der Waals surface area (Å²) >= 11 is 0. The lowest BCUT2D eigenvalue weighted by Crippen LogP contribution is -1.93. The van der Waals surface area contributed by atoms with Crippen molar-refractivity contribution >= 4 is 28.6 Å². The molecule has 0 aliphatic carbocycles. The van der Waals surface area contributed by atoms with Crippen molar-refractivity contribution in [1.29, 1.82) is 0 Å². The van der Waals surface area contributed by atoms with Gasteiger partial charge in [0, 0.05) is 11.3 Å². The largest absolute Gasteiger partial charge is 0.423 e. The molecule has 1 aromatic heterocycles. The molecule has 0 unspecified atom stereocenters. The van der Waals surface area contributed by atoms with E-state index in [0.717, 1.165) is 16.8 Å². The zero-order chi connectivity index (χ0) is 13.2. The Balaban J connectivity index is 1.86. The SMILES string of the molecule is CC(=O)c1ccc(Nc2nc3ccccc3o2)cc1. The van der Waals surface area contributed by atoms with Gasteiger partial charge in [-0.05, 0) is 43.3 Å². The summed E-state index contributed by atoms with van der Waals surface area (Å²) < 4.78 is 5.56. The molecule has 1 heterocycles. The highest BCUT2D eigenvalue weighted by Gasteiger charge is 2.05. The van der Waals surface area contributed by atoms with Crippen molar-refractivity contribution in [3.63, 3.8) is 0 Å². The summed E-state index contributed by atoms with van der Waals surface area (Å²) in [5, 5.41) is 3.07. The normalized spacial score (nSPS) is 10.6. The van der Waals surface area contributed by atoms with Crippen molar-refractivity contribution < 1.29 is 9.21 Å². The molecule has 3 rings (SSSR count). The van der Waals surface area contributed by atoms with Crippen molar-refractivity contribution in [1.82, 2.24) is 4.98 Å². The first-order valence-electron chi connectivity index (χ1n) is 5.96. The third-order valence-corrected chi connectivity index (χ3v) is 2.84. The molecule has 94 valence electrons. The smallest absolute Gasteiger partial charge is 0.300 e. The number of anilines is 2. The monoisotopic (exact) mass is 252 g/mol. The number of aromatic nitrogens is 1. The molecule has 0 bridgehead atoms. The van der Waals surface area contributed by atoms with Gasteiger partial charge in [-0.25, -0.2) is 0 Å². The molecule has 1 N–H and O–H groups in total. The van der Waals surface area contributed by atoms with Gasteiger partial charge in [-0.1, -0.05) is 12.1 Å². The number of benzene rings is 2. The first-order chi connectivity index (χ1) is 9.22. The van der Waals surface area contributed by atoms with Gasteiger partial charge < -0.3 is 9.73 Å². The van der Waals surface area contributed by atoms with Crippen LogP contribution in [-0.2, 0) is 0 Å². The molecule has 4 heteroatoms. The van der Waals surface area contributed by atoms with Crippen LogP contribution < -0.4 is 5.32 Å². The lowest BCUT2D eigenvalue weighted by atomic mass is 10.1. The Hall–Kier alpha value is -2.62. The standard InChI is InChI=1S/C15H12N2O2/c1-10(18)11-6-8-12(9-7-11)16-15-17-13-4-2-3-5-14(13)19-15/h2-9H,1H3,(H,16,17). The Kier molecular flexibility index (Phi) is 2.76. The predicted octanol–water partition coefficient (Wildman–Crippen LogP) is 3.77. The summed E-state index contributed by atoms with van der Waals surface area (Å²) in [7, 11) is 0. The van der Waals surface area contributed by atoms with Gasteiger partial charge >= 0.3 is 0 Å². The van der Waals surface area contributed by atoms with Crippen molar-refractivity contribution in [3.8, 4) is 0 Å². The average Bonchev–Trinajstić information content (AvgIpc) is 2.81. The van der Waals surface area contributed by atoms with E-state index in [4.69, 9.17) is 4.42 Å². The minimum absolute atomic E-state index is 0.0495. The molecule has 2 aromatic carbocycles. The molecule has 0 aliphatic heterocycles. The number of Topliss-reactive ketones (excluding diaryl/α,β-unsaturated/α-hetero) is 1. The first kappa shape index (κ1) is 11.5. The third-order valence-electron chi connectivity index (χ3n) is 2.84. The molecule has 3 aromatic rings. The van der Waals surface area contributed by atoms with Crippen LogP contribution in [0, 0.1) is 0 Å². The molecular formula is C15H12N2O2. The summed E-state index contributed by atoms with van der Waals surface area (Å²) in [6.45, 7) is 1.54. The number of ketones is 1. The maximum Gasteiger partial charge on any atom is 0.300 e. The summed E-state index contributed by atoms with van der Waals surface area (Å²) in [4.78, 5) is 15.5. The molecule has 0 amide bonds. The highest BCUT2D eigenvalue weighted by molar-refractivity contribution is 5.94. The van der Waals surface area contributed by atoms with E-state index in [1.54, 1.807) is 19.1 Å². The van der Waals surface area contributed by atoms with Crippen LogP contribution in [0.25, 0.3) is 11.1 Å². The van der Waals surface area contributed by atoms with Gasteiger partial charge in [-0.2, -0.15) is 4.98 Å². The first-order valence-corrected chi connectivity index (χ1v) is 5.96. The molecule has 0 radical (unpaired) electrons. The van der Waals surface area contributed by atoms with Gasteiger partial charge in [0.1, 0.15) is 5.52 Å². The number of carbonyl (C=O) groups is 1. The zero-order valence-electron chi connectivity index (χ0n) is 10.4. The molecular weight excluding hydrogens is 240 g/mol. The lowest BCUT2D eigenvalue weighted by Gasteiger charge is -2.01. The second-order valence-electron chi connectivity index (χ2n) is 4.25. The van der Waals surface area contributed by atoms with E-state index in [9.17, 15) is 4.79 Å². The fourth-order valence-corrected chi connectivity index (χ4v) is 1.84. The molecule has 19 heavy (non-hydrogen) atoms. The minimum Gasteiger partial charge on any atom is -0.423 e. The van der Waals surface area contributed by atoms with Crippen molar-refractivity contribution in [3.05, 3.63) is 54.1 Å². The van der Waals surface area contributed by atoms with E-state index >= 15 is 0 Å². The van der Waals surface area contributed by atoms with E-state index in [2.05, 4.69) is 10.3 Å². The topological polar surface area (TPSA) is 55.1 Å². The number of nitrogens with zero attached hydrogens (tertiary/aromatic N) is 1. The maximum absolute atomic E-state index is 11.2. The van der Waals surface area contributed by atoms with Gasteiger partial charge in [-0.15, -0.1) is 0 Å². The van der Waals surface area contributed by atoms with Crippen LogP contribution in [0.1, 0.15) is 17.3 Å². The highest BCUT2D eigenvalue weighted by Crippen LogP contribution is 2.21. The Bertz CT molecular complexity index is 696. The lowest BCUT2D eigenvalue weighted by molar-refractivity contribution is 0.101. The van der Waals surface area contributed by atoms with Crippen LogP contribution in [0.2, 0.25) is 0 Å². The maximum atomic E-state index is 11.2. The number of hydrogen-bond donors (Lipinski definition) is 1. The molecule has 0 aliphatic rings. The van der Waals surface area contributed by atoms with Crippen LogP contribution in [-0.4, -0.2) is 10.8 Å². The number of fused-ring (bicyclic) bond motifs is 1. The number of rotatable bonds is 3. The molecule has 0 atom stereocenters. The third kappa shape index (κ3) is 2.33. The van der Waals surface area contributed by atoms with Crippen LogP contribution in [0.3, 0.4) is 0 Å². The van der Waals surface area contributed by atoms with E-state index in [-0.39, 0.29) is 5.78 Å². The van der Waals surface area contributed by atoms with Crippen LogP contribution in [0.5, 0.6) is 0 Å². The second kappa shape index (κ2) is 4.57. The van der Waals surface area contributed by atoms with E-state index in [1.807, 2.05) is 36.4 Å². The fourth-order valence-electron chi connectivity index (χ4n) is 1.84. The summed E-state index contributed by atoms with van der Waals surface area (Å²) in [6, 6.07) is 15.2. The summed E-state index contributed by atoms with van der Waals surface area (Å²) in [5.74, 6) is 0.0495. The molecule has 0 saturated heterocycles. The van der Waals surface area contributed by atoms with E-state index < -0.39 is 0 Å². The number of nitrogens with one attached hydrogen (secondary N) is 1. The molecule has 4 nitrogen and oxygen atoms in total. The molecule has 0 saturated carbocycles. The Labute approximate surface area is 110 Å². The van der Waals surface area contributed by atoms with Crippen molar-refractivity contribution in [2.75, 3.05) is 5.32 Å². The summed E-state index contributed by atoms with van der Waals surface area (Å²) in [5.41, 5.74) is 3.07. The van der Waals surface area contributed by atoms with Gasteiger partial charge in [0.25, 0.3) is 6.01 Å². The molecule has 0 spiro atoms. The zero-order valence-corrected chi connectivity index (χ0v) is 10.4. The van der Waals surface area contributed by atoms with Gasteiger partial charge in [-0.3, -0.25) is 4.79 Å². The molecule has 0 fully saturated rings. The Morgan fingerprint density at radius 3 is 2.53 bits per heavy atom. The predicted molar refractivity (Wildman–Crippen MR) is 73.7 cm³/mol. The quantitative estimate of drug-likeness (QED) is 0.721. The van der Waals surface area contributed by atoms with Crippen LogP contribution >= 0.6 is 0 Å². The number of para-hydroxylation sites is 2. The number of carbonyl (C=O) groups excluding carboxylic acids is 1. The highest BCUT2D eigenvalue weighted by atomic mass is 16.4. The Morgan fingerprint density at radius 2 is 1.84 bits per heavy atom. The number of oxazole rings is 1. The van der Waals surface area contributed by atoms with E-state index in [1.165, 1.54) is 0 Å². The van der Waals surface area contributed by atoms with Crippen molar-refractivity contribution in [2.24, 2.45) is 0 Å². The summed E-state index contributed by atoms with van der Waals surface area (Å²) in [6.07, 6.45) is 0. The van der Waals surface area contributed by atoms with Gasteiger partial charge in [0.05, 0.1) is 0 Å². The average molecular weight is 252 g/mol. The van der Waals surface area contributed by atoms with Gasteiger partial charge in [0.2, 0.25) is 0 Å². The second-order valence-corrected chi connectivity index (χ2v) is 4.25. The van der Waals surface area contributed by atoms with Crippen LogP contribution in [0.15, 0.2) is 52.9 Å².